The minimum absolute atomic E-state index is 0.107. The topological polar surface area (TPSA) is 88.2 Å². The van der Waals surface area contributed by atoms with Crippen LogP contribution in [-0.2, 0) is 10.0 Å². The van der Waals surface area contributed by atoms with Crippen LogP contribution in [0.1, 0.15) is 10.4 Å². The number of hydrogen-bond donors (Lipinski definition) is 2. The molecule has 1 amide bonds. The third-order valence-corrected chi connectivity index (χ3v) is 6.04. The summed E-state index contributed by atoms with van der Waals surface area (Å²) in [6.07, 6.45) is 1.29. The summed E-state index contributed by atoms with van der Waals surface area (Å²) >= 11 is 1.03. The number of thiazole rings is 1. The summed E-state index contributed by atoms with van der Waals surface area (Å²) in [7, 11) is -4.18. The maximum Gasteiger partial charge on any atom is 0.257 e. The van der Waals surface area contributed by atoms with Gasteiger partial charge in [0.15, 0.2) is 16.8 Å². The molecule has 1 aromatic heterocycles. The molecule has 0 bridgehead atoms. The normalized spacial score (nSPS) is 11.3. The lowest BCUT2D eigenvalue weighted by atomic mass is 10.2. The molecule has 11 heteroatoms. The Balaban J connectivity index is 1.81. The molecular weight excluding hydrogens is 439 g/mol. The van der Waals surface area contributed by atoms with Gasteiger partial charge in [0, 0.05) is 23.1 Å². The van der Waals surface area contributed by atoms with Crippen LogP contribution in [0.25, 0.3) is 11.3 Å². The van der Waals surface area contributed by atoms with Gasteiger partial charge in [-0.2, -0.15) is 0 Å². The van der Waals surface area contributed by atoms with Crippen molar-refractivity contribution in [2.75, 3.05) is 11.9 Å². The van der Waals surface area contributed by atoms with E-state index in [0.29, 0.717) is 11.3 Å². The molecule has 0 aliphatic heterocycles. The number of hydrogen-bond acceptors (Lipinski definition) is 5. The smallest absolute Gasteiger partial charge is 0.257 e. The molecule has 0 spiro atoms. The lowest BCUT2D eigenvalue weighted by Gasteiger charge is -2.08. The number of nitrogens with one attached hydrogen (secondary N) is 2. The van der Waals surface area contributed by atoms with Crippen molar-refractivity contribution in [2.45, 2.75) is 4.90 Å². The quantitative estimate of drug-likeness (QED) is 0.531. The number of anilines is 1. The maximum absolute atomic E-state index is 14.0. The fourth-order valence-corrected chi connectivity index (χ4v) is 4.20. The summed E-state index contributed by atoms with van der Waals surface area (Å²) in [6, 6.07) is 6.17. The van der Waals surface area contributed by atoms with Gasteiger partial charge < -0.3 is 0 Å². The number of carbonyl (C=O) groups is 1. The van der Waals surface area contributed by atoms with Gasteiger partial charge in [0.25, 0.3) is 5.91 Å². The van der Waals surface area contributed by atoms with Crippen LogP contribution < -0.4 is 10.0 Å². The Hall–Kier alpha value is -3.02. The number of rotatable bonds is 7. The zero-order valence-corrected chi connectivity index (χ0v) is 16.8. The highest BCUT2D eigenvalue weighted by Crippen LogP contribution is 2.26. The van der Waals surface area contributed by atoms with E-state index in [-0.39, 0.29) is 17.2 Å². The van der Waals surface area contributed by atoms with Crippen molar-refractivity contribution in [3.63, 3.8) is 0 Å². The van der Waals surface area contributed by atoms with Gasteiger partial charge in [0.05, 0.1) is 5.69 Å². The zero-order chi connectivity index (χ0) is 21.9. The summed E-state index contributed by atoms with van der Waals surface area (Å²) in [4.78, 5) is 15.9. The maximum atomic E-state index is 14.0. The summed E-state index contributed by atoms with van der Waals surface area (Å²) in [6.45, 7) is 3.27. The Morgan fingerprint density at radius 3 is 2.53 bits per heavy atom. The van der Waals surface area contributed by atoms with E-state index in [1.807, 2.05) is 0 Å². The number of sulfonamides is 1. The van der Waals surface area contributed by atoms with Crippen molar-refractivity contribution in [1.29, 1.82) is 0 Å². The predicted molar refractivity (Wildman–Crippen MR) is 107 cm³/mol. The first-order valence-electron chi connectivity index (χ1n) is 8.33. The molecule has 0 saturated heterocycles. The predicted octanol–water partition coefficient (Wildman–Crippen LogP) is 3.94. The first-order chi connectivity index (χ1) is 14.2. The lowest BCUT2D eigenvalue weighted by molar-refractivity contribution is 0.102. The fraction of sp³-hybridized carbons (Fsp3) is 0.0526. The van der Waals surface area contributed by atoms with Crippen LogP contribution in [-0.4, -0.2) is 25.9 Å². The standard InChI is InChI=1S/C19H14F3N3O3S2/c1-2-7-23-30(27,28)17-9-12(4-6-14(17)21)18(26)25-19-24-16(10-29-19)11-3-5-13(20)15(22)8-11/h2-6,8-10,23H,1,7H2,(H,24,25,26). The van der Waals surface area contributed by atoms with Crippen molar-refractivity contribution in [3.05, 3.63) is 77.4 Å². The van der Waals surface area contributed by atoms with Gasteiger partial charge in [-0.1, -0.05) is 6.08 Å². The molecule has 0 radical (unpaired) electrons. The third kappa shape index (κ3) is 4.75. The van der Waals surface area contributed by atoms with Crippen molar-refractivity contribution in [1.82, 2.24) is 9.71 Å². The van der Waals surface area contributed by atoms with Gasteiger partial charge >= 0.3 is 0 Å². The minimum atomic E-state index is -4.18. The van der Waals surface area contributed by atoms with Crippen LogP contribution in [0.4, 0.5) is 18.3 Å². The molecule has 1 heterocycles. The van der Waals surface area contributed by atoms with Crippen LogP contribution in [0.5, 0.6) is 0 Å². The highest BCUT2D eigenvalue weighted by molar-refractivity contribution is 7.89. The molecule has 3 rings (SSSR count). The van der Waals surface area contributed by atoms with E-state index in [9.17, 15) is 26.4 Å². The van der Waals surface area contributed by atoms with Crippen LogP contribution in [0.2, 0.25) is 0 Å². The fourth-order valence-electron chi connectivity index (χ4n) is 2.39. The number of aromatic nitrogens is 1. The Bertz CT molecular complexity index is 1230. The van der Waals surface area contributed by atoms with Crippen molar-refractivity contribution < 1.29 is 26.4 Å². The monoisotopic (exact) mass is 453 g/mol. The Kier molecular flexibility index (Phi) is 6.34. The van der Waals surface area contributed by atoms with Crippen LogP contribution in [0.15, 0.2) is 59.3 Å². The largest absolute Gasteiger partial charge is 0.298 e. The van der Waals surface area contributed by atoms with E-state index in [1.54, 1.807) is 0 Å². The summed E-state index contributed by atoms with van der Waals surface area (Å²) < 4.78 is 66.9. The molecular formula is C19H14F3N3O3S2. The second kappa shape index (κ2) is 8.78. The van der Waals surface area contributed by atoms with E-state index < -0.39 is 38.3 Å². The average molecular weight is 453 g/mol. The first-order valence-corrected chi connectivity index (χ1v) is 10.7. The highest BCUT2D eigenvalue weighted by Gasteiger charge is 2.21. The van der Waals surface area contributed by atoms with Gasteiger partial charge in [-0.15, -0.1) is 17.9 Å². The molecule has 0 unspecified atom stereocenters. The molecule has 2 N–H and O–H groups in total. The number of halogens is 3. The van der Waals surface area contributed by atoms with Crippen molar-refractivity contribution in [3.8, 4) is 11.3 Å². The Labute approximate surface area is 174 Å². The van der Waals surface area contributed by atoms with E-state index in [4.69, 9.17) is 0 Å². The molecule has 30 heavy (non-hydrogen) atoms. The third-order valence-electron chi connectivity index (χ3n) is 3.84. The molecule has 156 valence electrons. The lowest BCUT2D eigenvalue weighted by Crippen LogP contribution is -2.25. The van der Waals surface area contributed by atoms with Gasteiger partial charge in [0.2, 0.25) is 10.0 Å². The molecule has 0 saturated carbocycles. The SMILES string of the molecule is C=CCNS(=O)(=O)c1cc(C(=O)Nc2nc(-c3ccc(F)c(F)c3)cs2)ccc1F. The Morgan fingerprint density at radius 1 is 1.10 bits per heavy atom. The molecule has 0 fully saturated rings. The van der Waals surface area contributed by atoms with E-state index in [0.717, 1.165) is 41.7 Å². The number of nitrogens with zero attached hydrogens (tertiary/aromatic N) is 1. The molecule has 2 aromatic carbocycles. The van der Waals surface area contributed by atoms with E-state index in [2.05, 4.69) is 21.6 Å². The Morgan fingerprint density at radius 2 is 1.83 bits per heavy atom. The van der Waals surface area contributed by atoms with Gasteiger partial charge in [-0.3, -0.25) is 10.1 Å². The second-order valence-corrected chi connectivity index (χ2v) is 8.50. The molecule has 0 atom stereocenters. The van der Waals surface area contributed by atoms with E-state index >= 15 is 0 Å². The van der Waals surface area contributed by atoms with Crippen LogP contribution in [0, 0.1) is 17.5 Å². The van der Waals surface area contributed by atoms with E-state index in [1.165, 1.54) is 17.5 Å². The number of benzene rings is 2. The summed E-state index contributed by atoms with van der Waals surface area (Å²) in [5.41, 5.74) is 0.513. The number of amides is 1. The molecule has 6 nitrogen and oxygen atoms in total. The molecule has 0 aliphatic rings. The molecule has 3 aromatic rings. The van der Waals surface area contributed by atoms with Gasteiger partial charge in [0.1, 0.15) is 10.7 Å². The minimum Gasteiger partial charge on any atom is -0.298 e. The van der Waals surface area contributed by atoms with Crippen LogP contribution >= 0.6 is 11.3 Å². The molecule has 0 aliphatic carbocycles. The zero-order valence-electron chi connectivity index (χ0n) is 15.2. The first kappa shape index (κ1) is 21.7. The summed E-state index contributed by atoms with van der Waals surface area (Å²) in [5.74, 6) is -3.76. The van der Waals surface area contributed by atoms with Gasteiger partial charge in [-0.25, -0.2) is 31.3 Å². The van der Waals surface area contributed by atoms with Crippen molar-refractivity contribution in [2.24, 2.45) is 0 Å². The summed E-state index contributed by atoms with van der Waals surface area (Å²) in [5, 5.41) is 4.13. The van der Waals surface area contributed by atoms with Crippen molar-refractivity contribution >= 4 is 32.4 Å². The number of carbonyl (C=O) groups excluding carboxylic acids is 1. The van der Waals surface area contributed by atoms with Crippen LogP contribution in [0.3, 0.4) is 0 Å². The average Bonchev–Trinajstić information content (AvgIpc) is 3.17. The highest BCUT2D eigenvalue weighted by atomic mass is 32.2. The second-order valence-electron chi connectivity index (χ2n) is 5.91. The van der Waals surface area contributed by atoms with Gasteiger partial charge in [-0.05, 0) is 36.4 Å².